The molecule has 6 saturated heterocycles. The highest BCUT2D eigenvalue weighted by molar-refractivity contribution is 5.80. The van der Waals surface area contributed by atoms with E-state index in [1.807, 2.05) is 0 Å². The summed E-state index contributed by atoms with van der Waals surface area (Å²) in [6.45, 7) is 18.4. The largest absolute Gasteiger partial charge is 0.467 e. The van der Waals surface area contributed by atoms with Crippen molar-refractivity contribution in [2.75, 3.05) is 26.9 Å². The highest BCUT2D eigenvalue weighted by Crippen LogP contribution is 2.76. The normalized spacial score (nSPS) is 51.3. The van der Waals surface area contributed by atoms with Gasteiger partial charge in [0.1, 0.15) is 116 Å². The van der Waals surface area contributed by atoms with Crippen LogP contribution in [0.4, 0.5) is 0 Å². The number of methoxy groups -OCH3 is 1. The maximum Gasteiger partial charge on any atom is 0.337 e. The average Bonchev–Trinajstić information content (AvgIpc) is 0.700. The highest BCUT2D eigenvalue weighted by atomic mass is 16.8. The third kappa shape index (κ3) is 14.0. The molecule has 0 aromatic heterocycles. The van der Waals surface area contributed by atoms with Gasteiger partial charge in [0.15, 0.2) is 49.8 Å². The van der Waals surface area contributed by atoms with Gasteiger partial charge in [-0.3, -0.25) is 14.4 Å². The molecule has 33 nitrogen and oxygen atoms in total. The van der Waals surface area contributed by atoms with E-state index in [4.69, 9.17) is 71.1 Å². The number of hydrogen-bond acceptors (Lipinski definition) is 33. The summed E-state index contributed by atoms with van der Waals surface area (Å²) < 4.78 is 90.2. The van der Waals surface area contributed by atoms with Crippen LogP contribution in [0.15, 0.2) is 11.6 Å². The molecular weight excluding hydrogens is 1360 g/mol. The second kappa shape index (κ2) is 29.9. The number of rotatable bonds is 17. The molecule has 33 heteroatoms. The molecule has 102 heavy (non-hydrogen) atoms. The summed E-state index contributed by atoms with van der Waals surface area (Å²) >= 11 is 0. The molecule has 0 bridgehead atoms. The third-order valence-electron chi connectivity index (χ3n) is 25.5. The van der Waals surface area contributed by atoms with Crippen molar-refractivity contribution in [3.63, 3.8) is 0 Å². The summed E-state index contributed by atoms with van der Waals surface area (Å²) in [4.78, 5) is 54.3. The lowest BCUT2D eigenvalue weighted by Gasteiger charge is -2.72. The molecule has 6 heterocycles. The molecule has 0 amide bonds. The zero-order chi connectivity index (χ0) is 74.7. The van der Waals surface area contributed by atoms with Crippen LogP contribution in [-0.2, 0) is 90.2 Å². The van der Waals surface area contributed by atoms with Crippen LogP contribution < -0.4 is 0 Å². The molecular formula is C69H108O33. The second-order valence-corrected chi connectivity index (χ2v) is 32.4. The fourth-order valence-electron chi connectivity index (χ4n) is 19.6. The van der Waals surface area contributed by atoms with Crippen LogP contribution in [0.5, 0.6) is 0 Å². The van der Waals surface area contributed by atoms with Crippen molar-refractivity contribution in [1.29, 1.82) is 0 Å². The summed E-state index contributed by atoms with van der Waals surface area (Å²) in [5.74, 6) is -4.30. The van der Waals surface area contributed by atoms with E-state index in [0.29, 0.717) is 44.9 Å². The van der Waals surface area contributed by atoms with Crippen LogP contribution in [0.3, 0.4) is 0 Å². The van der Waals surface area contributed by atoms with Gasteiger partial charge in [-0.25, -0.2) is 4.79 Å². The zero-order valence-electron chi connectivity index (χ0n) is 59.6. The maximum atomic E-state index is 16.2. The zero-order valence-corrected chi connectivity index (χ0v) is 59.6. The van der Waals surface area contributed by atoms with Gasteiger partial charge in [0, 0.05) is 13.8 Å². The van der Waals surface area contributed by atoms with E-state index in [1.54, 1.807) is 0 Å². The number of esters is 4. The van der Waals surface area contributed by atoms with Gasteiger partial charge in [-0.2, -0.15) is 0 Å². The fraction of sp³-hybridized carbons (Fsp3) is 0.913. The summed E-state index contributed by atoms with van der Waals surface area (Å²) in [5, 5.41) is 156. The van der Waals surface area contributed by atoms with Crippen molar-refractivity contribution in [3.8, 4) is 0 Å². The van der Waals surface area contributed by atoms with Crippen molar-refractivity contribution < 1.29 is 162 Å². The van der Waals surface area contributed by atoms with E-state index in [1.165, 1.54) is 13.8 Å². The van der Waals surface area contributed by atoms with Crippen LogP contribution in [0.25, 0.3) is 0 Å². The van der Waals surface area contributed by atoms with Gasteiger partial charge in [0.05, 0.1) is 44.7 Å². The van der Waals surface area contributed by atoms with Crippen molar-refractivity contribution in [2.24, 2.45) is 50.2 Å². The number of carbonyl (C=O) groups is 4. The number of fused-ring (bicyclic) bond motifs is 7. The monoisotopic (exact) mass is 1460 g/mol. The molecule has 10 fully saturated rings. The Morgan fingerprint density at radius 3 is 1.76 bits per heavy atom. The van der Waals surface area contributed by atoms with Gasteiger partial charge in [-0.05, 0) is 116 Å². The number of aliphatic hydroxyl groups is 14. The molecule has 11 rings (SSSR count). The molecule has 0 unspecified atom stereocenters. The van der Waals surface area contributed by atoms with Gasteiger partial charge >= 0.3 is 23.9 Å². The maximum absolute atomic E-state index is 16.2. The fourth-order valence-corrected chi connectivity index (χ4v) is 19.6. The molecule has 0 spiro atoms. The lowest BCUT2D eigenvalue weighted by molar-refractivity contribution is -0.382. The van der Waals surface area contributed by atoms with Crippen molar-refractivity contribution in [2.45, 2.75) is 318 Å². The molecule has 11 aliphatic rings. The van der Waals surface area contributed by atoms with Gasteiger partial charge in [0.25, 0.3) is 0 Å². The Hall–Kier alpha value is -3.38. The van der Waals surface area contributed by atoms with E-state index < -0.39 is 266 Å². The molecule has 37 atom stereocenters. The molecule has 5 aliphatic carbocycles. The van der Waals surface area contributed by atoms with Gasteiger partial charge < -0.3 is 143 Å². The Morgan fingerprint density at radius 2 is 1.11 bits per heavy atom. The number of allylic oxidation sites excluding steroid dienone is 2. The second-order valence-electron chi connectivity index (χ2n) is 32.4. The lowest BCUT2D eigenvalue weighted by atomic mass is 9.33. The molecule has 0 radical (unpaired) electrons. The molecule has 0 aromatic carbocycles. The minimum absolute atomic E-state index is 0.0399. The van der Waals surface area contributed by atoms with E-state index >= 15 is 4.79 Å². The first-order valence-corrected chi connectivity index (χ1v) is 35.6. The minimum atomic E-state index is -2.07. The van der Waals surface area contributed by atoms with E-state index in [9.17, 15) is 85.9 Å². The topological polar surface area (TPSA) is 490 Å². The van der Waals surface area contributed by atoms with Crippen LogP contribution in [0.2, 0.25) is 0 Å². The minimum Gasteiger partial charge on any atom is -0.467 e. The molecule has 6 aliphatic heterocycles. The van der Waals surface area contributed by atoms with Crippen LogP contribution in [-0.4, -0.2) is 307 Å². The van der Waals surface area contributed by atoms with E-state index in [-0.39, 0.29) is 24.7 Å². The first-order valence-electron chi connectivity index (χ1n) is 35.6. The van der Waals surface area contributed by atoms with Crippen LogP contribution >= 0.6 is 0 Å². The smallest absolute Gasteiger partial charge is 0.337 e. The summed E-state index contributed by atoms with van der Waals surface area (Å²) in [6, 6.07) is 0. The summed E-state index contributed by atoms with van der Waals surface area (Å²) in [6.07, 6.45) is -43.9. The summed E-state index contributed by atoms with van der Waals surface area (Å²) in [7, 11) is 1.08. The third-order valence-corrected chi connectivity index (χ3v) is 25.5. The van der Waals surface area contributed by atoms with Crippen molar-refractivity contribution in [3.05, 3.63) is 11.6 Å². The number of ether oxygens (including phenoxy) is 15. The Labute approximate surface area is 590 Å². The molecule has 582 valence electrons. The quantitative estimate of drug-likeness (QED) is 0.0304. The predicted molar refractivity (Wildman–Crippen MR) is 339 cm³/mol. The van der Waals surface area contributed by atoms with Gasteiger partial charge in [0.2, 0.25) is 6.29 Å². The Morgan fingerprint density at radius 1 is 0.529 bits per heavy atom. The van der Waals surface area contributed by atoms with Crippen molar-refractivity contribution >= 4 is 23.9 Å². The Balaban J connectivity index is 0.888. The Kier molecular flexibility index (Phi) is 23.3. The standard InChI is InChI=1S/C69H108O33/c1-26-50(97-57-46(82)39(75)32(73)24-90-57)45(81)49(85)58(91-26)101-55-54(100-59-47(83)41(77)34(95-59)25-89-28(3)71)51(93-29(4)72)27(2)92-62(55)102-63(87)69-20-19-64(5,6)21-31(69)30-13-14-36-66(9)17-16-38(65(7,8)35(66)15-18-67(36,10)68(30,11)22-37(69)74)96-61-53(44(80)43(79)52(98-61)56(86)88-12)99-60-48(84)42(78)40(76)33(23-70)94-60/h13,26-27,31-55,57-62,70,73-85H,14-25H2,1-12H3/t26-,27+,31-,32+,33+,34-,35-,36+,37+,38-,39-,40-,41-,42-,43-,44-,45-,46+,47+,48+,49+,50-,51-,52-,53+,54-,55+,57-,58-,59-,60-,61+,62-,66-,67+,68+,69+/m0/s1. The molecule has 14 N–H and O–H groups in total. The molecule has 4 saturated carbocycles. The Bertz CT molecular complexity index is 3010. The molecule has 0 aromatic rings. The number of carbonyl (C=O) groups excluding carboxylic acids is 4. The summed E-state index contributed by atoms with van der Waals surface area (Å²) in [5.41, 5.74) is -3.53. The van der Waals surface area contributed by atoms with Crippen LogP contribution in [0, 0.1) is 50.2 Å². The highest BCUT2D eigenvalue weighted by Gasteiger charge is 2.73. The van der Waals surface area contributed by atoms with Crippen LogP contribution in [0.1, 0.15) is 134 Å². The number of hydrogen-bond donors (Lipinski definition) is 14. The first kappa shape index (κ1) is 79.7. The van der Waals surface area contributed by atoms with Gasteiger partial charge in [-0.1, -0.05) is 60.1 Å². The lowest BCUT2D eigenvalue weighted by Crippen LogP contribution is -2.69. The van der Waals surface area contributed by atoms with Crippen molar-refractivity contribution in [1.82, 2.24) is 0 Å². The first-order chi connectivity index (χ1) is 47.7. The van der Waals surface area contributed by atoms with E-state index in [2.05, 4.69) is 54.5 Å². The number of aliphatic hydroxyl groups excluding tert-OH is 14. The SMILES string of the molecule is COC(=O)[C@H]1O[C@@H](O[C@H]2CC[C@]3(C)[C@H]4CC=C5[C@@H]6CC(C)(C)CC[C@]6(C(=O)O[C@@H]6O[C@H](C)[C@H](OC(C)=O)[C@H](O[C@@H]7O[C@@H](COC(C)=O)[C@H](O)[C@H]7O)[C@H]6O[C@@H]6O[C@@H](C)[C@H](O[C@@H]7OC[C@@H](O)[C@H](O)[C@H]7O)[C@@H](O)[C@H]6O)[C@H](O)C[C@@]5(C)[C@]4(C)CC[C@H]3C2(C)C)[C@H](O[C@@H]2O[C@H](CO)[C@H](O)[C@H](O)[C@H]2O)[C@@H](O)[C@@H]1O. The predicted octanol–water partition coefficient (Wildman–Crippen LogP) is -2.76. The van der Waals surface area contributed by atoms with E-state index in [0.717, 1.165) is 26.5 Å². The average molecular weight is 1470 g/mol. The van der Waals surface area contributed by atoms with Gasteiger partial charge in [-0.15, -0.1) is 0 Å².